The summed E-state index contributed by atoms with van der Waals surface area (Å²) >= 11 is 0. The van der Waals surface area contributed by atoms with Gasteiger partial charge in [0.25, 0.3) is 5.91 Å². The summed E-state index contributed by atoms with van der Waals surface area (Å²) in [5, 5.41) is 2.39. The molecule has 1 saturated heterocycles. The van der Waals surface area contributed by atoms with E-state index in [1.807, 2.05) is 31.2 Å². The minimum atomic E-state index is -0.595. The normalized spacial score (nSPS) is 16.3. The summed E-state index contributed by atoms with van der Waals surface area (Å²) in [6.45, 7) is 9.16. The molecule has 0 radical (unpaired) electrons. The molecule has 2 aromatic rings. The minimum Gasteiger partial charge on any atom is -0.369 e. The van der Waals surface area contributed by atoms with Crippen LogP contribution in [-0.2, 0) is 16.0 Å². The number of benzene rings is 2. The first-order valence-electron chi connectivity index (χ1n) is 12.7. The Morgan fingerprint density at radius 2 is 1.72 bits per heavy atom. The summed E-state index contributed by atoms with van der Waals surface area (Å²) in [6, 6.07) is 16.3. The van der Waals surface area contributed by atoms with Gasteiger partial charge in [0.05, 0.1) is 5.92 Å². The van der Waals surface area contributed by atoms with Gasteiger partial charge in [-0.2, -0.15) is 0 Å². The number of likely N-dealkylation sites (tertiary alicyclic amines) is 1. The van der Waals surface area contributed by atoms with E-state index in [4.69, 9.17) is 5.73 Å². The van der Waals surface area contributed by atoms with Crippen molar-refractivity contribution in [3.63, 3.8) is 0 Å². The topological polar surface area (TPSA) is 92.8 Å². The predicted molar refractivity (Wildman–Crippen MR) is 147 cm³/mol. The van der Waals surface area contributed by atoms with Crippen LogP contribution in [0.3, 0.4) is 0 Å². The molecule has 3 rings (SSSR count). The summed E-state index contributed by atoms with van der Waals surface area (Å²) in [6.07, 6.45) is 10.3. The van der Waals surface area contributed by atoms with E-state index in [0.717, 1.165) is 50.0 Å². The number of amides is 2. The van der Waals surface area contributed by atoms with E-state index in [1.165, 1.54) is 16.7 Å². The third-order valence-electron chi connectivity index (χ3n) is 6.42. The van der Waals surface area contributed by atoms with E-state index in [1.54, 1.807) is 0 Å². The quantitative estimate of drug-likeness (QED) is 0.346. The monoisotopic (exact) mass is 489 g/mol. The van der Waals surface area contributed by atoms with Crippen LogP contribution in [0.2, 0.25) is 0 Å². The second-order valence-electron chi connectivity index (χ2n) is 9.31. The fraction of sp³-hybridized carbons (Fsp3) is 0.400. The molecular weight excluding hydrogens is 450 g/mol. The molecule has 0 saturated carbocycles. The van der Waals surface area contributed by atoms with Crippen molar-refractivity contribution in [3.8, 4) is 11.1 Å². The van der Waals surface area contributed by atoms with E-state index in [-0.39, 0.29) is 18.2 Å². The van der Waals surface area contributed by atoms with Crippen LogP contribution in [-0.4, -0.2) is 36.3 Å². The lowest BCUT2D eigenvalue weighted by molar-refractivity contribution is -0.123. The molecule has 0 bridgehead atoms. The highest BCUT2D eigenvalue weighted by molar-refractivity contribution is 5.77. The number of aryl methyl sites for hydroxylation is 2. The number of hydrogen-bond donors (Lipinski definition) is 1. The standard InChI is InChI=1S/C16H15NO2.C14H24N2O/c1-12-2-7-14(8-3-12)15-9-4-13(5-10-15)6-11-16(18)17-19;1-3-12(2)7-4-5-9-16-10-6-8-13(11-16)14(15)17/h2-5,7-10H,6,11H2,1H3;3-4,7,13H,5-6,8-11H2,1-2H3,(H2,15,17)/b;7-4-,12-3-. The number of hydrogen-bond acceptors (Lipinski definition) is 4. The molecule has 2 N–H and O–H groups in total. The molecule has 1 fully saturated rings. The van der Waals surface area contributed by atoms with Crippen molar-refractivity contribution in [3.05, 3.63) is 88.4 Å². The van der Waals surface area contributed by atoms with E-state index in [9.17, 15) is 14.5 Å². The smallest absolute Gasteiger partial charge is 0.286 e. The Hall–Kier alpha value is -3.38. The molecule has 0 spiro atoms. The Morgan fingerprint density at radius 3 is 2.31 bits per heavy atom. The van der Waals surface area contributed by atoms with Gasteiger partial charge in [0.15, 0.2) is 0 Å². The summed E-state index contributed by atoms with van der Waals surface area (Å²) in [5.74, 6) is -0.678. The van der Waals surface area contributed by atoms with Gasteiger partial charge in [-0.1, -0.05) is 77.9 Å². The number of nitrogens with zero attached hydrogens (tertiary/aromatic N) is 2. The van der Waals surface area contributed by atoms with Crippen molar-refractivity contribution < 1.29 is 9.59 Å². The fourth-order valence-electron chi connectivity index (χ4n) is 4.02. The van der Waals surface area contributed by atoms with Crippen LogP contribution in [0.25, 0.3) is 11.1 Å². The SMILES string of the molecule is C/C=C(C)\C=C/CCN1CCCC(C(N)=O)C1.Cc1ccc(-c2ccc(CCC(=O)N=O)cc2)cc1. The average Bonchev–Trinajstić information content (AvgIpc) is 2.91. The second-order valence-corrected chi connectivity index (χ2v) is 9.31. The maximum Gasteiger partial charge on any atom is 0.286 e. The third kappa shape index (κ3) is 10.5. The summed E-state index contributed by atoms with van der Waals surface area (Å²) in [7, 11) is 0. The molecule has 192 valence electrons. The molecule has 1 aliphatic heterocycles. The lowest BCUT2D eigenvalue weighted by atomic mass is 9.97. The van der Waals surface area contributed by atoms with E-state index in [2.05, 4.69) is 66.4 Å². The Morgan fingerprint density at radius 1 is 1.08 bits per heavy atom. The molecule has 1 atom stereocenters. The lowest BCUT2D eigenvalue weighted by Gasteiger charge is -2.30. The molecule has 1 unspecified atom stereocenters. The second kappa shape index (κ2) is 15.6. The summed E-state index contributed by atoms with van der Waals surface area (Å²) in [5.41, 5.74) is 11.2. The van der Waals surface area contributed by atoms with Crippen LogP contribution in [0.4, 0.5) is 0 Å². The van der Waals surface area contributed by atoms with Gasteiger partial charge in [-0.05, 0) is 69.7 Å². The molecule has 6 heteroatoms. The molecular formula is C30H39N3O3. The third-order valence-corrected chi connectivity index (χ3v) is 6.42. The van der Waals surface area contributed by atoms with Gasteiger partial charge < -0.3 is 10.6 Å². The number of primary amides is 1. The van der Waals surface area contributed by atoms with Crippen molar-refractivity contribution in [2.24, 2.45) is 16.8 Å². The van der Waals surface area contributed by atoms with Crippen molar-refractivity contribution >= 4 is 11.8 Å². The molecule has 0 aliphatic carbocycles. The first kappa shape index (κ1) is 28.9. The van der Waals surface area contributed by atoms with Gasteiger partial charge in [-0.15, -0.1) is 4.91 Å². The van der Waals surface area contributed by atoms with Crippen LogP contribution in [0.5, 0.6) is 0 Å². The van der Waals surface area contributed by atoms with Crippen LogP contribution < -0.4 is 5.73 Å². The molecule has 2 amide bonds. The maximum absolute atomic E-state index is 11.1. The maximum atomic E-state index is 11.1. The Labute approximate surface area is 215 Å². The molecule has 2 aromatic carbocycles. The van der Waals surface area contributed by atoms with E-state index < -0.39 is 5.91 Å². The zero-order valence-electron chi connectivity index (χ0n) is 21.8. The van der Waals surface area contributed by atoms with E-state index >= 15 is 0 Å². The molecule has 0 aromatic heterocycles. The van der Waals surface area contributed by atoms with Crippen molar-refractivity contribution in [1.29, 1.82) is 0 Å². The highest BCUT2D eigenvalue weighted by Crippen LogP contribution is 2.21. The highest BCUT2D eigenvalue weighted by Gasteiger charge is 2.23. The van der Waals surface area contributed by atoms with Gasteiger partial charge in [-0.25, -0.2) is 0 Å². The van der Waals surface area contributed by atoms with Crippen molar-refractivity contribution in [2.45, 2.75) is 52.9 Å². The number of rotatable bonds is 9. The van der Waals surface area contributed by atoms with Crippen LogP contribution in [0.1, 0.15) is 50.7 Å². The van der Waals surface area contributed by atoms with Gasteiger partial charge in [-0.3, -0.25) is 9.59 Å². The van der Waals surface area contributed by atoms with Crippen LogP contribution >= 0.6 is 0 Å². The van der Waals surface area contributed by atoms with Crippen LogP contribution in [0, 0.1) is 17.7 Å². The number of piperidine rings is 1. The summed E-state index contributed by atoms with van der Waals surface area (Å²) < 4.78 is 0. The first-order valence-corrected chi connectivity index (χ1v) is 12.7. The van der Waals surface area contributed by atoms with Gasteiger partial charge in [0.2, 0.25) is 5.91 Å². The number of allylic oxidation sites excluding steroid dienone is 3. The zero-order valence-corrected chi connectivity index (χ0v) is 21.8. The zero-order chi connectivity index (χ0) is 26.3. The number of nitroso groups, excluding NO2 is 1. The Bertz CT molecular complexity index is 1040. The minimum absolute atomic E-state index is 0.0602. The predicted octanol–water partition coefficient (Wildman–Crippen LogP) is 5.98. The van der Waals surface area contributed by atoms with E-state index in [0.29, 0.717) is 6.42 Å². The number of carbonyl (C=O) groups is 2. The Kier molecular flexibility index (Phi) is 12.5. The van der Waals surface area contributed by atoms with Crippen LogP contribution in [0.15, 0.2) is 77.5 Å². The molecule has 1 aliphatic rings. The molecule has 6 nitrogen and oxygen atoms in total. The largest absolute Gasteiger partial charge is 0.369 e. The number of nitrogens with two attached hydrogens (primary N) is 1. The average molecular weight is 490 g/mol. The highest BCUT2D eigenvalue weighted by atomic mass is 16.3. The van der Waals surface area contributed by atoms with Crippen molar-refractivity contribution in [1.82, 2.24) is 4.90 Å². The number of carbonyl (C=O) groups excluding carboxylic acids is 2. The molecule has 1 heterocycles. The van der Waals surface area contributed by atoms with Gasteiger partial charge in [0, 0.05) is 24.7 Å². The Balaban J connectivity index is 0.000000255. The van der Waals surface area contributed by atoms with Gasteiger partial charge >= 0.3 is 0 Å². The van der Waals surface area contributed by atoms with Crippen molar-refractivity contribution in [2.75, 3.05) is 19.6 Å². The van der Waals surface area contributed by atoms with Gasteiger partial charge in [0.1, 0.15) is 0 Å². The lowest BCUT2D eigenvalue weighted by Crippen LogP contribution is -2.41. The molecule has 36 heavy (non-hydrogen) atoms. The first-order chi connectivity index (χ1) is 17.3. The fourth-order valence-corrected chi connectivity index (χ4v) is 4.02. The summed E-state index contributed by atoms with van der Waals surface area (Å²) in [4.78, 5) is 34.3.